The van der Waals surface area contributed by atoms with E-state index < -0.39 is 0 Å². The molecule has 3 heteroatoms. The van der Waals surface area contributed by atoms with Crippen LogP contribution in [0.4, 0.5) is 0 Å². The van der Waals surface area contributed by atoms with E-state index in [9.17, 15) is 4.79 Å². The van der Waals surface area contributed by atoms with E-state index in [1.165, 1.54) is 12.7 Å². The van der Waals surface area contributed by atoms with Gasteiger partial charge in [0.05, 0.1) is 13.0 Å². The zero-order valence-electron chi connectivity index (χ0n) is 9.97. The predicted molar refractivity (Wildman–Crippen MR) is 68.5 cm³/mol. The van der Waals surface area contributed by atoms with Crippen LogP contribution in [0.2, 0.25) is 0 Å². The number of rotatable bonds is 5. The van der Waals surface area contributed by atoms with Crippen molar-refractivity contribution in [3.8, 4) is 0 Å². The summed E-state index contributed by atoms with van der Waals surface area (Å²) >= 11 is 1.78. The van der Waals surface area contributed by atoms with Gasteiger partial charge in [-0.1, -0.05) is 37.3 Å². The fraction of sp³-hybridized carbons (Fsp3) is 0.462. The summed E-state index contributed by atoms with van der Waals surface area (Å²) in [6.45, 7) is 4.06. The molecule has 88 valence electrons. The summed E-state index contributed by atoms with van der Waals surface area (Å²) in [4.78, 5) is 11.2. The van der Waals surface area contributed by atoms with Crippen molar-refractivity contribution in [1.29, 1.82) is 0 Å². The Bertz CT molecular complexity index is 324. The minimum Gasteiger partial charge on any atom is -0.469 e. The average Bonchev–Trinajstić information content (AvgIpc) is 2.35. The van der Waals surface area contributed by atoms with Crippen LogP contribution >= 0.6 is 11.8 Å². The monoisotopic (exact) mass is 238 g/mol. The summed E-state index contributed by atoms with van der Waals surface area (Å²) in [5.74, 6) is 0.622. The Labute approximate surface area is 101 Å². The summed E-state index contributed by atoms with van der Waals surface area (Å²) in [6.07, 6.45) is 0. The second kappa shape index (κ2) is 6.59. The summed E-state index contributed by atoms with van der Waals surface area (Å²) in [5, 5.41) is 0.410. The number of thioether (sulfide) groups is 1. The van der Waals surface area contributed by atoms with Gasteiger partial charge in [0.1, 0.15) is 0 Å². The fourth-order valence-electron chi connectivity index (χ4n) is 1.38. The van der Waals surface area contributed by atoms with Gasteiger partial charge in [0.15, 0.2) is 0 Å². The van der Waals surface area contributed by atoms with Crippen LogP contribution in [0.3, 0.4) is 0 Å². The topological polar surface area (TPSA) is 26.3 Å². The van der Waals surface area contributed by atoms with Crippen LogP contribution in [0, 0.1) is 5.92 Å². The highest BCUT2D eigenvalue weighted by Gasteiger charge is 2.15. The molecule has 16 heavy (non-hydrogen) atoms. The molecule has 1 aromatic rings. The lowest BCUT2D eigenvalue weighted by atomic mass is 10.2. The van der Waals surface area contributed by atoms with Gasteiger partial charge in [0.25, 0.3) is 0 Å². The van der Waals surface area contributed by atoms with Gasteiger partial charge in [-0.2, -0.15) is 11.8 Å². The van der Waals surface area contributed by atoms with Crippen LogP contribution in [0.5, 0.6) is 0 Å². The standard InChI is InChI=1S/C13H18O2S/c1-10(13(14)15-3)9-16-11(2)12-7-5-4-6-8-12/h4-8,10-11H,9H2,1-3H3. The highest BCUT2D eigenvalue weighted by atomic mass is 32.2. The number of benzene rings is 1. The lowest BCUT2D eigenvalue weighted by Gasteiger charge is -2.14. The van der Waals surface area contributed by atoms with Gasteiger partial charge in [-0.15, -0.1) is 0 Å². The van der Waals surface area contributed by atoms with E-state index in [4.69, 9.17) is 4.74 Å². The van der Waals surface area contributed by atoms with E-state index in [-0.39, 0.29) is 11.9 Å². The van der Waals surface area contributed by atoms with Crippen molar-refractivity contribution in [3.05, 3.63) is 35.9 Å². The summed E-state index contributed by atoms with van der Waals surface area (Å²) in [5.41, 5.74) is 1.30. The first-order chi connectivity index (χ1) is 7.65. The van der Waals surface area contributed by atoms with Gasteiger partial charge in [-0.3, -0.25) is 4.79 Å². The lowest BCUT2D eigenvalue weighted by molar-refractivity contribution is -0.143. The first kappa shape index (κ1) is 13.1. The molecule has 2 unspecified atom stereocenters. The van der Waals surface area contributed by atoms with E-state index in [2.05, 4.69) is 19.1 Å². The lowest BCUT2D eigenvalue weighted by Crippen LogP contribution is -2.15. The van der Waals surface area contributed by atoms with Crippen molar-refractivity contribution >= 4 is 17.7 Å². The Hall–Kier alpha value is -0.960. The van der Waals surface area contributed by atoms with Crippen molar-refractivity contribution in [3.63, 3.8) is 0 Å². The van der Waals surface area contributed by atoms with Gasteiger partial charge >= 0.3 is 5.97 Å². The van der Waals surface area contributed by atoms with Crippen LogP contribution in [-0.4, -0.2) is 18.8 Å². The Balaban J connectivity index is 2.41. The maximum Gasteiger partial charge on any atom is 0.309 e. The van der Waals surface area contributed by atoms with E-state index in [1.54, 1.807) is 11.8 Å². The number of carbonyl (C=O) groups excluding carboxylic acids is 1. The Morgan fingerprint density at radius 1 is 1.31 bits per heavy atom. The third-order valence-electron chi connectivity index (χ3n) is 2.47. The Morgan fingerprint density at radius 2 is 1.94 bits per heavy atom. The first-order valence-electron chi connectivity index (χ1n) is 5.39. The smallest absolute Gasteiger partial charge is 0.309 e. The number of carbonyl (C=O) groups is 1. The number of methoxy groups -OCH3 is 1. The van der Waals surface area contributed by atoms with Gasteiger partial charge < -0.3 is 4.74 Å². The summed E-state index contributed by atoms with van der Waals surface area (Å²) in [7, 11) is 1.43. The molecule has 0 amide bonds. The molecule has 0 saturated carbocycles. The van der Waals surface area contributed by atoms with Gasteiger partial charge in [0, 0.05) is 11.0 Å². The molecule has 0 radical (unpaired) electrons. The molecule has 0 aromatic heterocycles. The minimum atomic E-state index is -0.132. The molecule has 2 atom stereocenters. The molecule has 1 rings (SSSR count). The van der Waals surface area contributed by atoms with Gasteiger partial charge in [-0.25, -0.2) is 0 Å². The molecule has 0 aliphatic heterocycles. The molecule has 0 spiro atoms. The highest BCUT2D eigenvalue weighted by Crippen LogP contribution is 2.29. The molecule has 0 aliphatic carbocycles. The second-order valence-corrected chi connectivity index (χ2v) is 5.18. The van der Waals surface area contributed by atoms with Crippen molar-refractivity contribution in [2.75, 3.05) is 12.9 Å². The SMILES string of the molecule is COC(=O)C(C)CSC(C)c1ccccc1. The first-order valence-corrected chi connectivity index (χ1v) is 6.44. The van der Waals surface area contributed by atoms with Crippen molar-refractivity contribution in [2.24, 2.45) is 5.92 Å². The second-order valence-electron chi connectivity index (χ2n) is 3.81. The number of hydrogen-bond donors (Lipinski definition) is 0. The van der Waals surface area contributed by atoms with Crippen molar-refractivity contribution in [1.82, 2.24) is 0 Å². The van der Waals surface area contributed by atoms with Crippen molar-refractivity contribution < 1.29 is 9.53 Å². The summed E-state index contributed by atoms with van der Waals surface area (Å²) in [6, 6.07) is 10.3. The Morgan fingerprint density at radius 3 is 2.50 bits per heavy atom. The molecule has 0 aliphatic rings. The number of ether oxygens (including phenoxy) is 1. The van der Waals surface area contributed by atoms with E-state index in [0.717, 1.165) is 5.75 Å². The van der Waals surface area contributed by atoms with E-state index in [1.807, 2.05) is 25.1 Å². The van der Waals surface area contributed by atoms with Gasteiger partial charge in [0.2, 0.25) is 0 Å². The third-order valence-corrected chi connectivity index (χ3v) is 3.93. The van der Waals surface area contributed by atoms with E-state index in [0.29, 0.717) is 5.25 Å². The molecule has 2 nitrogen and oxygen atoms in total. The number of esters is 1. The largest absolute Gasteiger partial charge is 0.469 e. The zero-order chi connectivity index (χ0) is 12.0. The molecular weight excluding hydrogens is 220 g/mol. The van der Waals surface area contributed by atoms with Crippen molar-refractivity contribution in [2.45, 2.75) is 19.1 Å². The Kier molecular flexibility index (Phi) is 5.39. The minimum absolute atomic E-state index is 0.0406. The predicted octanol–water partition coefficient (Wildman–Crippen LogP) is 3.29. The quantitative estimate of drug-likeness (QED) is 0.736. The normalized spacial score (nSPS) is 14.2. The highest BCUT2D eigenvalue weighted by molar-refractivity contribution is 7.99. The van der Waals surface area contributed by atoms with Gasteiger partial charge in [-0.05, 0) is 12.5 Å². The van der Waals surface area contributed by atoms with Crippen LogP contribution in [0.1, 0.15) is 24.7 Å². The molecule has 0 heterocycles. The molecule has 0 bridgehead atoms. The maximum absolute atomic E-state index is 11.2. The van der Waals surface area contributed by atoms with Crippen LogP contribution < -0.4 is 0 Å². The molecule has 0 fully saturated rings. The van der Waals surface area contributed by atoms with Crippen LogP contribution in [0.25, 0.3) is 0 Å². The average molecular weight is 238 g/mol. The molecule has 0 saturated heterocycles. The third kappa shape index (κ3) is 3.89. The summed E-state index contributed by atoms with van der Waals surface area (Å²) < 4.78 is 4.70. The zero-order valence-corrected chi connectivity index (χ0v) is 10.8. The molecule has 1 aromatic carbocycles. The fourth-order valence-corrected chi connectivity index (χ4v) is 2.44. The van der Waals surface area contributed by atoms with E-state index >= 15 is 0 Å². The molecular formula is C13H18O2S. The van der Waals surface area contributed by atoms with Crippen LogP contribution in [0.15, 0.2) is 30.3 Å². The number of hydrogen-bond acceptors (Lipinski definition) is 3. The molecule has 0 N–H and O–H groups in total. The van der Waals surface area contributed by atoms with Crippen LogP contribution in [-0.2, 0) is 9.53 Å². The maximum atomic E-state index is 11.2.